The Balaban J connectivity index is 3.05. The standard InChI is InChI=1S/C14H22N2O4S/c1-11(2)9-16(10-14(17)18)12-5-7-13(8-6-12)21(19,20)15(3)4/h5-8,11H,9-10H2,1-4H3,(H,17,18). The van der Waals surface area contributed by atoms with Crippen molar-refractivity contribution in [1.29, 1.82) is 0 Å². The van der Waals surface area contributed by atoms with Crippen molar-refractivity contribution < 1.29 is 18.3 Å². The molecule has 0 atom stereocenters. The van der Waals surface area contributed by atoms with Crippen LogP contribution in [-0.2, 0) is 14.8 Å². The average molecular weight is 314 g/mol. The van der Waals surface area contributed by atoms with Crippen LogP contribution in [0.1, 0.15) is 13.8 Å². The van der Waals surface area contributed by atoms with E-state index < -0.39 is 16.0 Å². The number of benzene rings is 1. The van der Waals surface area contributed by atoms with Crippen LogP contribution in [0.2, 0.25) is 0 Å². The van der Waals surface area contributed by atoms with Gasteiger partial charge in [-0.3, -0.25) is 4.79 Å². The summed E-state index contributed by atoms with van der Waals surface area (Å²) in [7, 11) is -0.525. The normalized spacial score (nSPS) is 11.9. The largest absolute Gasteiger partial charge is 0.480 e. The molecule has 118 valence electrons. The highest BCUT2D eigenvalue weighted by Crippen LogP contribution is 2.20. The van der Waals surface area contributed by atoms with Crippen LogP contribution in [0.15, 0.2) is 29.2 Å². The Labute approximate surface area is 126 Å². The first kappa shape index (κ1) is 17.5. The van der Waals surface area contributed by atoms with Crippen LogP contribution < -0.4 is 4.90 Å². The van der Waals surface area contributed by atoms with Gasteiger partial charge in [-0.2, -0.15) is 0 Å². The van der Waals surface area contributed by atoms with E-state index in [2.05, 4.69) is 0 Å². The highest BCUT2D eigenvalue weighted by atomic mass is 32.2. The Hall–Kier alpha value is -1.60. The smallest absolute Gasteiger partial charge is 0.323 e. The first-order valence-corrected chi connectivity index (χ1v) is 8.08. The molecule has 0 aromatic heterocycles. The highest BCUT2D eigenvalue weighted by molar-refractivity contribution is 7.89. The molecule has 0 heterocycles. The maximum atomic E-state index is 12.0. The van der Waals surface area contributed by atoms with Crippen LogP contribution in [-0.4, -0.2) is 51.0 Å². The van der Waals surface area contributed by atoms with E-state index in [4.69, 9.17) is 5.11 Å². The fourth-order valence-corrected chi connectivity index (χ4v) is 2.81. The summed E-state index contributed by atoms with van der Waals surface area (Å²) in [6.07, 6.45) is 0. The molecule has 0 radical (unpaired) electrons. The molecule has 1 aromatic carbocycles. The van der Waals surface area contributed by atoms with Crippen molar-refractivity contribution in [3.05, 3.63) is 24.3 Å². The van der Waals surface area contributed by atoms with E-state index in [1.807, 2.05) is 13.8 Å². The minimum absolute atomic E-state index is 0.113. The van der Waals surface area contributed by atoms with Crippen molar-refractivity contribution in [2.24, 2.45) is 5.92 Å². The number of hydrogen-bond donors (Lipinski definition) is 1. The molecule has 6 nitrogen and oxygen atoms in total. The molecule has 7 heteroatoms. The molecule has 1 N–H and O–H groups in total. The van der Waals surface area contributed by atoms with Crippen LogP contribution in [0.25, 0.3) is 0 Å². The topological polar surface area (TPSA) is 77.9 Å². The third-order valence-corrected chi connectivity index (χ3v) is 4.72. The minimum atomic E-state index is -3.47. The van der Waals surface area contributed by atoms with E-state index in [0.29, 0.717) is 18.2 Å². The first-order valence-electron chi connectivity index (χ1n) is 6.64. The Morgan fingerprint density at radius 3 is 2.10 bits per heavy atom. The molecule has 0 unspecified atom stereocenters. The molecule has 0 aliphatic carbocycles. The molecule has 0 fully saturated rings. The van der Waals surface area contributed by atoms with Gasteiger partial charge in [0.25, 0.3) is 0 Å². The number of carbonyl (C=O) groups is 1. The molecular weight excluding hydrogens is 292 g/mol. The summed E-state index contributed by atoms with van der Waals surface area (Å²) >= 11 is 0. The van der Waals surface area contributed by atoms with E-state index in [9.17, 15) is 13.2 Å². The van der Waals surface area contributed by atoms with Crippen LogP contribution in [0.4, 0.5) is 5.69 Å². The van der Waals surface area contributed by atoms with Crippen LogP contribution in [0.3, 0.4) is 0 Å². The van der Waals surface area contributed by atoms with Gasteiger partial charge in [-0.05, 0) is 30.2 Å². The van der Waals surface area contributed by atoms with Crippen molar-refractivity contribution in [1.82, 2.24) is 4.31 Å². The van der Waals surface area contributed by atoms with Crippen molar-refractivity contribution in [3.63, 3.8) is 0 Å². The van der Waals surface area contributed by atoms with E-state index in [0.717, 1.165) is 4.31 Å². The number of hydrogen-bond acceptors (Lipinski definition) is 4. The third kappa shape index (κ3) is 4.71. The molecule has 21 heavy (non-hydrogen) atoms. The monoisotopic (exact) mass is 314 g/mol. The predicted octanol–water partition coefficient (Wildman–Crippen LogP) is 1.48. The average Bonchev–Trinajstić information content (AvgIpc) is 2.36. The lowest BCUT2D eigenvalue weighted by Crippen LogP contribution is -2.33. The van der Waals surface area contributed by atoms with E-state index in [1.165, 1.54) is 26.2 Å². The number of rotatable bonds is 7. The van der Waals surface area contributed by atoms with Gasteiger partial charge < -0.3 is 10.0 Å². The number of carboxylic acid groups (broad SMARTS) is 1. The molecule has 0 aliphatic rings. The summed E-state index contributed by atoms with van der Waals surface area (Å²) < 4.78 is 25.1. The zero-order valence-electron chi connectivity index (χ0n) is 12.8. The molecule has 0 aliphatic heterocycles. The number of aliphatic carboxylic acids is 1. The van der Waals surface area contributed by atoms with Crippen LogP contribution in [0, 0.1) is 5.92 Å². The van der Waals surface area contributed by atoms with Gasteiger partial charge in [0.15, 0.2) is 0 Å². The molecule has 0 saturated carbocycles. The molecular formula is C14H22N2O4S. The second-order valence-corrected chi connectivity index (χ2v) is 7.60. The van der Waals surface area contributed by atoms with Gasteiger partial charge in [0.1, 0.15) is 6.54 Å². The van der Waals surface area contributed by atoms with Gasteiger partial charge in [0.05, 0.1) is 4.90 Å². The lowest BCUT2D eigenvalue weighted by atomic mass is 10.2. The maximum Gasteiger partial charge on any atom is 0.323 e. The van der Waals surface area contributed by atoms with Crippen molar-refractivity contribution in [3.8, 4) is 0 Å². The zero-order chi connectivity index (χ0) is 16.2. The quantitative estimate of drug-likeness (QED) is 0.825. The van der Waals surface area contributed by atoms with Crippen LogP contribution >= 0.6 is 0 Å². The lowest BCUT2D eigenvalue weighted by Gasteiger charge is -2.25. The summed E-state index contributed by atoms with van der Waals surface area (Å²) in [6.45, 7) is 4.48. The lowest BCUT2D eigenvalue weighted by molar-refractivity contribution is -0.135. The second kappa shape index (κ2) is 6.91. The zero-order valence-corrected chi connectivity index (χ0v) is 13.6. The molecule has 0 spiro atoms. The van der Waals surface area contributed by atoms with Gasteiger partial charge in [0, 0.05) is 26.3 Å². The summed E-state index contributed by atoms with van der Waals surface area (Å²) in [5, 5.41) is 8.97. The third-order valence-electron chi connectivity index (χ3n) is 2.89. The van der Waals surface area contributed by atoms with E-state index in [-0.39, 0.29) is 11.4 Å². The van der Waals surface area contributed by atoms with Gasteiger partial charge in [-0.25, -0.2) is 12.7 Å². The molecule has 0 amide bonds. The molecule has 0 bridgehead atoms. The summed E-state index contributed by atoms with van der Waals surface area (Å²) in [5.41, 5.74) is 0.698. The van der Waals surface area contributed by atoms with Crippen molar-refractivity contribution in [2.75, 3.05) is 32.1 Å². The molecule has 1 rings (SSSR count). The number of sulfonamides is 1. The van der Waals surface area contributed by atoms with Crippen molar-refractivity contribution >= 4 is 21.7 Å². The number of carboxylic acids is 1. The van der Waals surface area contributed by atoms with Gasteiger partial charge in [0.2, 0.25) is 10.0 Å². The SMILES string of the molecule is CC(C)CN(CC(=O)O)c1ccc(S(=O)(=O)N(C)C)cc1. The van der Waals surface area contributed by atoms with Crippen molar-refractivity contribution in [2.45, 2.75) is 18.7 Å². The Morgan fingerprint density at radius 1 is 1.19 bits per heavy atom. The Morgan fingerprint density at radius 2 is 1.71 bits per heavy atom. The summed E-state index contributed by atoms with van der Waals surface area (Å²) in [5.74, 6) is -0.616. The molecule has 0 saturated heterocycles. The van der Waals surface area contributed by atoms with E-state index in [1.54, 1.807) is 17.0 Å². The van der Waals surface area contributed by atoms with Gasteiger partial charge in [-0.15, -0.1) is 0 Å². The highest BCUT2D eigenvalue weighted by Gasteiger charge is 2.18. The second-order valence-electron chi connectivity index (χ2n) is 5.45. The predicted molar refractivity (Wildman–Crippen MR) is 82.0 cm³/mol. The Kier molecular flexibility index (Phi) is 5.74. The van der Waals surface area contributed by atoms with Gasteiger partial charge in [-0.1, -0.05) is 13.8 Å². The summed E-state index contributed by atoms with van der Waals surface area (Å²) in [6, 6.07) is 6.28. The number of anilines is 1. The maximum absolute atomic E-state index is 12.0. The van der Waals surface area contributed by atoms with E-state index >= 15 is 0 Å². The van der Waals surface area contributed by atoms with Gasteiger partial charge >= 0.3 is 5.97 Å². The minimum Gasteiger partial charge on any atom is -0.480 e. The fourth-order valence-electron chi connectivity index (χ4n) is 1.91. The summed E-state index contributed by atoms with van der Waals surface area (Å²) in [4.78, 5) is 12.8. The fraction of sp³-hybridized carbons (Fsp3) is 0.500. The Bertz CT molecular complexity index is 579. The number of nitrogens with zero attached hydrogens (tertiary/aromatic N) is 2. The van der Waals surface area contributed by atoms with Crippen LogP contribution in [0.5, 0.6) is 0 Å². The first-order chi connectivity index (χ1) is 9.64. The molecule has 1 aromatic rings.